The smallest absolute Gasteiger partial charge is 0.184 e. The van der Waals surface area contributed by atoms with Crippen molar-refractivity contribution in [2.45, 2.75) is 13.8 Å². The normalized spacial score (nSPS) is 9.21. The summed E-state index contributed by atoms with van der Waals surface area (Å²) in [7, 11) is 0. The molecule has 0 saturated carbocycles. The third-order valence-electron chi connectivity index (χ3n) is 7.17. The second-order valence-electron chi connectivity index (χ2n) is 10.6. The molecule has 0 fully saturated rings. The van der Waals surface area contributed by atoms with Crippen molar-refractivity contribution in [3.8, 4) is 22.3 Å². The van der Waals surface area contributed by atoms with Gasteiger partial charge in [-0.2, -0.15) is 84.9 Å². The minimum atomic E-state index is 0. The van der Waals surface area contributed by atoms with Crippen LogP contribution in [0.3, 0.4) is 0 Å². The molecule has 0 atom stereocenters. The van der Waals surface area contributed by atoms with Crippen LogP contribution < -0.4 is 0 Å². The summed E-state index contributed by atoms with van der Waals surface area (Å²) in [6, 6.07) is 68.1. The third kappa shape index (κ3) is 12.3. The molecular weight excluding hydrogens is 719 g/mol. The topological polar surface area (TPSA) is 0 Å². The maximum Gasteiger partial charge on any atom is 4.00 e. The van der Waals surface area contributed by atoms with E-state index < -0.39 is 0 Å². The standard InChI is InChI=1S/2C16H13.2C6H5.2ClH.Si.Zr/c2*1-12-10-14-8-5-9-15(16(14)11-12)13-6-3-2-4-7-13;2*1-2-4-6-5-3-1;;;;/h2*2-11H,1H3;2*1-5H;2*1H;;/q4*-1;;;;+4. The molecule has 0 aromatic heterocycles. The Morgan fingerprint density at radius 2 is 0.750 bits per heavy atom. The molecule has 0 N–H and O–H groups in total. The first kappa shape index (κ1) is 42.2. The van der Waals surface area contributed by atoms with Gasteiger partial charge in [-0.05, 0) is 11.1 Å². The first-order chi connectivity index (χ1) is 21.7. The van der Waals surface area contributed by atoms with Gasteiger partial charge in [0, 0.05) is 11.0 Å². The molecule has 0 amide bonds. The molecule has 0 heterocycles. The van der Waals surface area contributed by atoms with Crippen LogP contribution in [0.5, 0.6) is 0 Å². The van der Waals surface area contributed by atoms with Crippen LogP contribution >= 0.6 is 24.8 Å². The second kappa shape index (κ2) is 22.7. The predicted octanol–water partition coefficient (Wildman–Crippen LogP) is 12.5. The molecule has 0 aliphatic rings. The van der Waals surface area contributed by atoms with Crippen molar-refractivity contribution in [3.05, 3.63) is 205 Å². The van der Waals surface area contributed by atoms with Crippen molar-refractivity contribution in [3.63, 3.8) is 0 Å². The number of benzene rings is 6. The van der Waals surface area contributed by atoms with E-state index in [1.165, 1.54) is 54.9 Å². The van der Waals surface area contributed by atoms with E-state index in [2.05, 4.69) is 147 Å². The van der Waals surface area contributed by atoms with Gasteiger partial charge in [-0.3, -0.25) is 0 Å². The van der Waals surface area contributed by atoms with Crippen LogP contribution in [0.4, 0.5) is 0 Å². The first-order valence-corrected chi connectivity index (χ1v) is 14.9. The molecule has 0 aliphatic carbocycles. The fourth-order valence-corrected chi connectivity index (χ4v) is 5.19. The predicted molar refractivity (Wildman–Crippen MR) is 210 cm³/mol. The zero-order chi connectivity index (χ0) is 30.4. The van der Waals surface area contributed by atoms with E-state index in [1.54, 1.807) is 0 Å². The van der Waals surface area contributed by atoms with E-state index >= 15 is 0 Å². The maximum atomic E-state index is 2.89. The molecule has 0 nitrogen and oxygen atoms in total. The Morgan fingerprint density at radius 3 is 1.04 bits per heavy atom. The van der Waals surface area contributed by atoms with Crippen LogP contribution in [0.2, 0.25) is 0 Å². The van der Waals surface area contributed by atoms with Gasteiger partial charge < -0.3 is 0 Å². The van der Waals surface area contributed by atoms with E-state index in [0.29, 0.717) is 0 Å². The summed E-state index contributed by atoms with van der Waals surface area (Å²) in [4.78, 5) is 0. The summed E-state index contributed by atoms with van der Waals surface area (Å²) in [6.07, 6.45) is 0. The molecule has 0 saturated heterocycles. The van der Waals surface area contributed by atoms with Gasteiger partial charge in [0.1, 0.15) is 0 Å². The molecule has 0 unspecified atom stereocenters. The van der Waals surface area contributed by atoms with E-state index in [1.807, 2.05) is 60.7 Å². The van der Waals surface area contributed by atoms with E-state index in [9.17, 15) is 0 Å². The van der Waals surface area contributed by atoms with Crippen LogP contribution in [-0.4, -0.2) is 11.0 Å². The van der Waals surface area contributed by atoms with Crippen molar-refractivity contribution in [1.29, 1.82) is 0 Å². The number of halogens is 2. The van der Waals surface area contributed by atoms with Crippen molar-refractivity contribution >= 4 is 57.3 Å². The Morgan fingerprint density at radius 1 is 0.417 bits per heavy atom. The number of rotatable bonds is 2. The van der Waals surface area contributed by atoms with Crippen LogP contribution in [0, 0.1) is 26.0 Å². The van der Waals surface area contributed by atoms with Crippen molar-refractivity contribution in [1.82, 2.24) is 0 Å². The fourth-order valence-electron chi connectivity index (χ4n) is 5.19. The largest absolute Gasteiger partial charge is 4.00 e. The minimum Gasteiger partial charge on any atom is -0.184 e. The van der Waals surface area contributed by atoms with Gasteiger partial charge >= 0.3 is 26.2 Å². The molecule has 48 heavy (non-hydrogen) atoms. The molecule has 8 aromatic rings. The van der Waals surface area contributed by atoms with Gasteiger partial charge in [0.15, 0.2) is 0 Å². The van der Waals surface area contributed by atoms with Gasteiger partial charge in [-0.1, -0.05) is 97.8 Å². The SMILES string of the molecule is Cc1cc2c(-c3ccccc3)cccc2[cH-]1.Cc1cc2c(-c3ccccc3)cccc2[cH-]1.Cl.Cl.[Si].[Zr+4].[c-]1ccccc1.[c-]1ccccc1. The molecule has 8 aromatic carbocycles. The Kier molecular flexibility index (Phi) is 20.0. The van der Waals surface area contributed by atoms with Gasteiger partial charge in [0.25, 0.3) is 0 Å². The van der Waals surface area contributed by atoms with Gasteiger partial charge in [0.05, 0.1) is 0 Å². The zero-order valence-electron chi connectivity index (χ0n) is 27.1. The van der Waals surface area contributed by atoms with Crippen LogP contribution in [0.1, 0.15) is 11.1 Å². The Hall–Kier alpha value is -3.78. The molecule has 8 rings (SSSR count). The average molecular weight is 757 g/mol. The van der Waals surface area contributed by atoms with Gasteiger partial charge in [-0.15, -0.1) is 93.9 Å². The van der Waals surface area contributed by atoms with Gasteiger partial charge in [0.2, 0.25) is 0 Å². The zero-order valence-corrected chi connectivity index (χ0v) is 32.2. The Labute approximate surface area is 322 Å². The molecule has 0 bridgehead atoms. The number of fused-ring (bicyclic) bond motifs is 2. The summed E-state index contributed by atoms with van der Waals surface area (Å²) in [5, 5.41) is 5.37. The summed E-state index contributed by atoms with van der Waals surface area (Å²) in [6.45, 7) is 4.30. The van der Waals surface area contributed by atoms with E-state index in [0.717, 1.165) is 0 Å². The summed E-state index contributed by atoms with van der Waals surface area (Å²) in [5.74, 6) is 0. The molecule has 0 spiro atoms. The van der Waals surface area contributed by atoms with E-state index in [4.69, 9.17) is 0 Å². The fraction of sp³-hybridized carbons (Fsp3) is 0.0455. The molecule has 236 valence electrons. The van der Waals surface area contributed by atoms with E-state index in [-0.39, 0.29) is 62.0 Å². The average Bonchev–Trinajstić information content (AvgIpc) is 3.68. The number of hydrogen-bond acceptors (Lipinski definition) is 0. The number of aryl methyl sites for hydroxylation is 2. The maximum absolute atomic E-state index is 2.89. The van der Waals surface area contributed by atoms with Gasteiger partial charge in [-0.25, -0.2) is 0 Å². The van der Waals surface area contributed by atoms with Crippen LogP contribution in [-0.2, 0) is 26.2 Å². The summed E-state index contributed by atoms with van der Waals surface area (Å²) in [5.41, 5.74) is 7.89. The summed E-state index contributed by atoms with van der Waals surface area (Å²) < 4.78 is 0. The second-order valence-corrected chi connectivity index (χ2v) is 10.6. The number of hydrogen-bond donors (Lipinski definition) is 0. The molecule has 4 heteroatoms. The quantitative estimate of drug-likeness (QED) is 0.122. The Balaban J connectivity index is 0.000000339. The van der Waals surface area contributed by atoms with Crippen molar-refractivity contribution in [2.24, 2.45) is 0 Å². The Bertz CT molecular complexity index is 1770. The monoisotopic (exact) mass is 754 g/mol. The molecule has 4 radical (unpaired) electrons. The van der Waals surface area contributed by atoms with Crippen molar-refractivity contribution in [2.75, 3.05) is 0 Å². The van der Waals surface area contributed by atoms with Crippen LogP contribution in [0.15, 0.2) is 182 Å². The molecule has 0 aliphatic heterocycles. The van der Waals surface area contributed by atoms with Crippen molar-refractivity contribution < 1.29 is 26.2 Å². The minimum absolute atomic E-state index is 0. The first-order valence-electron chi connectivity index (χ1n) is 14.9. The molecular formula is C44H38Cl2SiZr. The third-order valence-corrected chi connectivity index (χ3v) is 7.17. The van der Waals surface area contributed by atoms with Crippen LogP contribution in [0.25, 0.3) is 43.8 Å². The summed E-state index contributed by atoms with van der Waals surface area (Å²) >= 11 is 0.